The number of anilines is 1. The first-order valence-corrected chi connectivity index (χ1v) is 6.02. The summed E-state index contributed by atoms with van der Waals surface area (Å²) < 4.78 is 1.76. The maximum absolute atomic E-state index is 11.1. The number of aliphatic carboxylic acids is 1. The van der Waals surface area contributed by atoms with E-state index in [1.807, 2.05) is 11.0 Å². The highest BCUT2D eigenvalue weighted by atomic mass is 16.4. The minimum atomic E-state index is -0.722. The van der Waals surface area contributed by atoms with E-state index in [0.29, 0.717) is 6.54 Å². The second-order valence-corrected chi connectivity index (χ2v) is 4.54. The van der Waals surface area contributed by atoms with E-state index in [1.165, 1.54) is 0 Å². The molecule has 2 aromatic heterocycles. The molecule has 1 saturated heterocycles. The van der Waals surface area contributed by atoms with Gasteiger partial charge in [0, 0.05) is 25.5 Å². The van der Waals surface area contributed by atoms with Gasteiger partial charge in [-0.15, -0.1) is 0 Å². The first-order valence-electron chi connectivity index (χ1n) is 6.02. The Balaban J connectivity index is 1.94. The molecule has 1 aliphatic heterocycles. The number of carboxylic acid groups (broad SMARTS) is 1. The normalized spacial score (nSPS) is 20.2. The molecule has 6 heteroatoms. The Labute approximate surface area is 104 Å². The molecule has 0 aromatic carbocycles. The molecule has 0 spiro atoms. The summed E-state index contributed by atoms with van der Waals surface area (Å²) in [4.78, 5) is 17.5. The van der Waals surface area contributed by atoms with Crippen LogP contribution >= 0.6 is 0 Å². The lowest BCUT2D eigenvalue weighted by atomic mass is 9.98. The zero-order valence-corrected chi connectivity index (χ0v) is 9.86. The van der Waals surface area contributed by atoms with E-state index in [-0.39, 0.29) is 5.92 Å². The van der Waals surface area contributed by atoms with Crippen molar-refractivity contribution in [3.8, 4) is 0 Å². The second kappa shape index (κ2) is 4.29. The third-order valence-corrected chi connectivity index (χ3v) is 3.37. The molecule has 94 valence electrons. The van der Waals surface area contributed by atoms with E-state index in [9.17, 15) is 4.79 Å². The predicted molar refractivity (Wildman–Crippen MR) is 65.6 cm³/mol. The first-order chi connectivity index (χ1) is 8.75. The maximum atomic E-state index is 11.1. The number of hydrogen-bond acceptors (Lipinski definition) is 4. The van der Waals surface area contributed by atoms with Gasteiger partial charge < -0.3 is 10.0 Å². The van der Waals surface area contributed by atoms with Gasteiger partial charge in [-0.3, -0.25) is 4.79 Å². The van der Waals surface area contributed by atoms with Crippen LogP contribution in [0.25, 0.3) is 5.52 Å². The summed E-state index contributed by atoms with van der Waals surface area (Å²) in [6.07, 6.45) is 6.83. The molecule has 18 heavy (non-hydrogen) atoms. The third-order valence-electron chi connectivity index (χ3n) is 3.37. The van der Waals surface area contributed by atoms with Crippen molar-refractivity contribution in [2.24, 2.45) is 5.92 Å². The van der Waals surface area contributed by atoms with Crippen molar-refractivity contribution in [2.75, 3.05) is 18.0 Å². The minimum Gasteiger partial charge on any atom is -0.481 e. The number of nitrogens with zero attached hydrogens (tertiary/aromatic N) is 4. The summed E-state index contributed by atoms with van der Waals surface area (Å²) in [5.41, 5.74) is 0.920. The summed E-state index contributed by atoms with van der Waals surface area (Å²) in [6, 6.07) is 1.90. The molecule has 3 rings (SSSR count). The molecule has 3 heterocycles. The van der Waals surface area contributed by atoms with E-state index >= 15 is 0 Å². The monoisotopic (exact) mass is 246 g/mol. The Morgan fingerprint density at radius 3 is 3.17 bits per heavy atom. The first kappa shape index (κ1) is 11.0. The van der Waals surface area contributed by atoms with Crippen LogP contribution in [-0.2, 0) is 4.79 Å². The van der Waals surface area contributed by atoms with E-state index in [2.05, 4.69) is 10.1 Å². The molecule has 1 fully saturated rings. The van der Waals surface area contributed by atoms with Crippen molar-refractivity contribution in [3.05, 3.63) is 24.7 Å². The topological polar surface area (TPSA) is 70.7 Å². The van der Waals surface area contributed by atoms with Crippen LogP contribution in [0.1, 0.15) is 12.8 Å². The number of fused-ring (bicyclic) bond motifs is 1. The largest absolute Gasteiger partial charge is 0.481 e. The van der Waals surface area contributed by atoms with Crippen LogP contribution in [0.3, 0.4) is 0 Å². The highest BCUT2D eigenvalue weighted by Gasteiger charge is 2.27. The Kier molecular flexibility index (Phi) is 2.62. The van der Waals surface area contributed by atoms with Gasteiger partial charge in [-0.25, -0.2) is 9.50 Å². The average Bonchev–Trinajstić information content (AvgIpc) is 2.87. The van der Waals surface area contributed by atoms with Crippen molar-refractivity contribution in [3.63, 3.8) is 0 Å². The van der Waals surface area contributed by atoms with Gasteiger partial charge in [-0.05, 0) is 18.9 Å². The average molecular weight is 246 g/mol. The van der Waals surface area contributed by atoms with Crippen LogP contribution in [0.15, 0.2) is 24.7 Å². The molecule has 0 bridgehead atoms. The zero-order chi connectivity index (χ0) is 12.5. The van der Waals surface area contributed by atoms with E-state index in [4.69, 9.17) is 5.11 Å². The van der Waals surface area contributed by atoms with Crippen molar-refractivity contribution in [1.82, 2.24) is 14.6 Å². The number of piperidine rings is 1. The molecule has 0 aliphatic carbocycles. The van der Waals surface area contributed by atoms with Gasteiger partial charge in [0.25, 0.3) is 0 Å². The molecule has 1 N–H and O–H groups in total. The Bertz CT molecular complexity index is 580. The molecular formula is C12H14N4O2. The van der Waals surface area contributed by atoms with Gasteiger partial charge >= 0.3 is 5.97 Å². The van der Waals surface area contributed by atoms with Crippen LogP contribution in [0.2, 0.25) is 0 Å². The summed E-state index contributed by atoms with van der Waals surface area (Å²) in [6.45, 7) is 1.37. The lowest BCUT2D eigenvalue weighted by molar-refractivity contribution is -0.141. The SMILES string of the molecule is O=C(O)[C@@H]1CCCN(c2nccn3nccc23)C1. The number of rotatable bonds is 2. The summed E-state index contributed by atoms with van der Waals surface area (Å²) in [5, 5.41) is 13.3. The maximum Gasteiger partial charge on any atom is 0.308 e. The molecule has 0 radical (unpaired) electrons. The highest BCUT2D eigenvalue weighted by Crippen LogP contribution is 2.24. The fourth-order valence-electron chi connectivity index (χ4n) is 2.46. The predicted octanol–water partition coefficient (Wildman–Crippen LogP) is 1.03. The van der Waals surface area contributed by atoms with Crippen LogP contribution in [-0.4, -0.2) is 38.8 Å². The summed E-state index contributed by atoms with van der Waals surface area (Å²) >= 11 is 0. The molecule has 0 amide bonds. The lowest BCUT2D eigenvalue weighted by Crippen LogP contribution is -2.39. The van der Waals surface area contributed by atoms with Gasteiger partial charge in [0.1, 0.15) is 5.52 Å². The van der Waals surface area contributed by atoms with Gasteiger partial charge in [0.15, 0.2) is 5.82 Å². The molecule has 1 aliphatic rings. The van der Waals surface area contributed by atoms with Crippen molar-refractivity contribution < 1.29 is 9.90 Å². The smallest absolute Gasteiger partial charge is 0.308 e. The number of carboxylic acids is 1. The van der Waals surface area contributed by atoms with Gasteiger partial charge in [0.2, 0.25) is 0 Å². The number of carbonyl (C=O) groups is 1. The number of hydrogen-bond donors (Lipinski definition) is 1. The minimum absolute atomic E-state index is 0.302. The fourth-order valence-corrected chi connectivity index (χ4v) is 2.46. The van der Waals surface area contributed by atoms with Crippen LogP contribution in [0, 0.1) is 5.92 Å². The van der Waals surface area contributed by atoms with Crippen molar-refractivity contribution >= 4 is 17.3 Å². The van der Waals surface area contributed by atoms with Crippen molar-refractivity contribution in [2.45, 2.75) is 12.8 Å². The summed E-state index contributed by atoms with van der Waals surface area (Å²) in [5.74, 6) is -0.204. The van der Waals surface area contributed by atoms with Crippen molar-refractivity contribution in [1.29, 1.82) is 0 Å². The molecular weight excluding hydrogens is 232 g/mol. The Morgan fingerprint density at radius 1 is 1.44 bits per heavy atom. The molecule has 0 unspecified atom stereocenters. The quantitative estimate of drug-likeness (QED) is 0.857. The van der Waals surface area contributed by atoms with E-state index in [0.717, 1.165) is 30.7 Å². The second-order valence-electron chi connectivity index (χ2n) is 4.54. The summed E-state index contributed by atoms with van der Waals surface area (Å²) in [7, 11) is 0. The molecule has 0 saturated carbocycles. The molecule has 6 nitrogen and oxygen atoms in total. The Morgan fingerprint density at radius 2 is 2.33 bits per heavy atom. The van der Waals surface area contributed by atoms with Crippen LogP contribution in [0.4, 0.5) is 5.82 Å². The van der Waals surface area contributed by atoms with Gasteiger partial charge in [-0.2, -0.15) is 5.10 Å². The third kappa shape index (κ3) is 1.79. The van der Waals surface area contributed by atoms with E-state index < -0.39 is 5.97 Å². The fraction of sp³-hybridized carbons (Fsp3) is 0.417. The molecule has 2 aromatic rings. The number of aromatic nitrogens is 3. The molecule has 1 atom stereocenters. The van der Waals surface area contributed by atoms with Gasteiger partial charge in [0.05, 0.1) is 12.1 Å². The van der Waals surface area contributed by atoms with Crippen LogP contribution in [0.5, 0.6) is 0 Å². The zero-order valence-electron chi connectivity index (χ0n) is 9.86. The Hall–Kier alpha value is -2.11. The standard InChI is InChI=1S/C12H14N4O2/c17-12(18)9-2-1-6-15(8-9)11-10-3-4-14-16(10)7-5-13-11/h3-5,7,9H,1-2,6,8H2,(H,17,18)/t9-/m1/s1. The van der Waals surface area contributed by atoms with E-state index in [1.54, 1.807) is 23.1 Å². The van der Waals surface area contributed by atoms with Crippen LogP contribution < -0.4 is 4.90 Å². The highest BCUT2D eigenvalue weighted by molar-refractivity contribution is 5.73. The van der Waals surface area contributed by atoms with Gasteiger partial charge in [-0.1, -0.05) is 0 Å². The lowest BCUT2D eigenvalue weighted by Gasteiger charge is -2.31.